The Hall–Kier alpha value is -1.80. The molecule has 0 aliphatic carbocycles. The first-order valence-electron chi connectivity index (χ1n) is 6.42. The van der Waals surface area contributed by atoms with E-state index < -0.39 is 21.9 Å². The van der Waals surface area contributed by atoms with E-state index in [-0.39, 0.29) is 16.3 Å². The van der Waals surface area contributed by atoms with E-state index >= 15 is 0 Å². The zero-order valence-electron chi connectivity index (χ0n) is 11.9. The normalized spacial score (nSPS) is 13.3. The lowest BCUT2D eigenvalue weighted by atomic mass is 10.2. The van der Waals surface area contributed by atoms with Crippen molar-refractivity contribution < 1.29 is 17.3 Å². The molecule has 0 spiro atoms. The van der Waals surface area contributed by atoms with Crippen LogP contribution in [0.2, 0.25) is 0 Å². The number of nitrogens with one attached hydrogen (secondary N) is 1. The van der Waals surface area contributed by atoms with E-state index in [1.807, 2.05) is 0 Å². The zero-order chi connectivity index (χ0) is 15.6. The molecule has 0 saturated carbocycles. The van der Waals surface area contributed by atoms with E-state index in [4.69, 9.17) is 4.52 Å². The maximum Gasteiger partial charge on any atom is 0.241 e. The first-order valence-corrected chi connectivity index (χ1v) is 7.90. The number of aryl methyl sites for hydroxylation is 2. The number of benzene rings is 1. The minimum absolute atomic E-state index is 0.0000619. The molecule has 1 unspecified atom stereocenters. The van der Waals surface area contributed by atoms with Crippen LogP contribution in [0.25, 0.3) is 0 Å². The number of aromatic nitrogens is 2. The Balaban J connectivity index is 2.28. The SMILES string of the molecule is CCC(NS(=O)(=O)c1ccc(F)c(C)c1)c1noc(C)n1. The van der Waals surface area contributed by atoms with Gasteiger partial charge in [0.05, 0.1) is 10.9 Å². The molecular formula is C13H16FN3O3S. The number of nitrogens with zero attached hydrogens (tertiary/aromatic N) is 2. The van der Waals surface area contributed by atoms with Crippen molar-refractivity contribution in [2.24, 2.45) is 0 Å². The molecule has 1 aromatic heterocycles. The van der Waals surface area contributed by atoms with Crippen LogP contribution in [0.4, 0.5) is 4.39 Å². The summed E-state index contributed by atoms with van der Waals surface area (Å²) in [6.07, 6.45) is 0.457. The van der Waals surface area contributed by atoms with Crippen molar-refractivity contribution in [2.45, 2.75) is 38.1 Å². The van der Waals surface area contributed by atoms with Crippen molar-refractivity contribution in [3.05, 3.63) is 41.3 Å². The summed E-state index contributed by atoms with van der Waals surface area (Å²) in [5.74, 6) is 0.187. The Kier molecular flexibility index (Phi) is 4.38. The minimum Gasteiger partial charge on any atom is -0.340 e. The quantitative estimate of drug-likeness (QED) is 0.915. The highest BCUT2D eigenvalue weighted by molar-refractivity contribution is 7.89. The molecule has 0 fully saturated rings. The highest BCUT2D eigenvalue weighted by Crippen LogP contribution is 2.19. The van der Waals surface area contributed by atoms with Crippen LogP contribution in [-0.2, 0) is 10.0 Å². The lowest BCUT2D eigenvalue weighted by Gasteiger charge is -2.14. The lowest BCUT2D eigenvalue weighted by molar-refractivity contribution is 0.380. The van der Waals surface area contributed by atoms with Gasteiger partial charge in [0.2, 0.25) is 15.9 Å². The smallest absolute Gasteiger partial charge is 0.241 e. The standard InChI is InChI=1S/C13H16FN3O3S/c1-4-12(13-15-9(3)20-16-13)17-21(18,19)10-5-6-11(14)8(2)7-10/h5-7,12,17H,4H2,1-3H3. The molecule has 0 saturated heterocycles. The van der Waals surface area contributed by atoms with Gasteiger partial charge in [-0.15, -0.1) is 0 Å². The van der Waals surface area contributed by atoms with E-state index in [1.165, 1.54) is 19.1 Å². The molecule has 1 aromatic carbocycles. The van der Waals surface area contributed by atoms with Gasteiger partial charge in [0.25, 0.3) is 0 Å². The summed E-state index contributed by atoms with van der Waals surface area (Å²) >= 11 is 0. The molecule has 1 N–H and O–H groups in total. The highest BCUT2D eigenvalue weighted by Gasteiger charge is 2.24. The number of hydrogen-bond acceptors (Lipinski definition) is 5. The van der Waals surface area contributed by atoms with Gasteiger partial charge >= 0.3 is 0 Å². The number of hydrogen-bond donors (Lipinski definition) is 1. The molecule has 0 aliphatic heterocycles. The summed E-state index contributed by atoms with van der Waals surface area (Å²) in [6, 6.07) is 3.03. The molecule has 6 nitrogen and oxygen atoms in total. The summed E-state index contributed by atoms with van der Waals surface area (Å²) in [5, 5.41) is 3.72. The molecule has 21 heavy (non-hydrogen) atoms. The third-order valence-electron chi connectivity index (χ3n) is 3.00. The van der Waals surface area contributed by atoms with Gasteiger partial charge < -0.3 is 4.52 Å². The molecule has 1 heterocycles. The maximum absolute atomic E-state index is 13.2. The third-order valence-corrected chi connectivity index (χ3v) is 4.47. The number of halogens is 1. The fourth-order valence-electron chi connectivity index (χ4n) is 1.81. The predicted octanol–water partition coefficient (Wildman–Crippen LogP) is 2.26. The van der Waals surface area contributed by atoms with Gasteiger partial charge in [-0.3, -0.25) is 0 Å². The average Bonchev–Trinajstić information content (AvgIpc) is 2.85. The first kappa shape index (κ1) is 15.6. The van der Waals surface area contributed by atoms with E-state index in [0.29, 0.717) is 12.3 Å². The largest absolute Gasteiger partial charge is 0.340 e. The summed E-state index contributed by atoms with van der Waals surface area (Å²) < 4.78 is 45.2. The Labute approximate surface area is 122 Å². The molecule has 0 aliphatic rings. The van der Waals surface area contributed by atoms with Crippen LogP contribution in [0, 0.1) is 19.7 Å². The van der Waals surface area contributed by atoms with Crippen LogP contribution in [0.5, 0.6) is 0 Å². The summed E-state index contributed by atoms with van der Waals surface area (Å²) in [6.45, 7) is 4.93. The minimum atomic E-state index is -3.79. The van der Waals surface area contributed by atoms with Crippen LogP contribution in [-0.4, -0.2) is 18.6 Å². The first-order chi connectivity index (χ1) is 9.83. The Morgan fingerprint density at radius 3 is 2.62 bits per heavy atom. The Morgan fingerprint density at radius 2 is 2.10 bits per heavy atom. The topological polar surface area (TPSA) is 85.1 Å². The number of rotatable bonds is 5. The highest BCUT2D eigenvalue weighted by atomic mass is 32.2. The van der Waals surface area contributed by atoms with Crippen LogP contribution in [0.15, 0.2) is 27.6 Å². The van der Waals surface area contributed by atoms with Crippen LogP contribution < -0.4 is 4.72 Å². The second-order valence-corrected chi connectivity index (χ2v) is 6.38. The van der Waals surface area contributed by atoms with E-state index in [2.05, 4.69) is 14.9 Å². The molecule has 2 rings (SSSR count). The van der Waals surface area contributed by atoms with Gasteiger partial charge in [-0.1, -0.05) is 12.1 Å². The van der Waals surface area contributed by atoms with Crippen LogP contribution in [0.3, 0.4) is 0 Å². The molecule has 0 amide bonds. The van der Waals surface area contributed by atoms with Crippen molar-refractivity contribution in [2.75, 3.05) is 0 Å². The number of sulfonamides is 1. The van der Waals surface area contributed by atoms with Crippen LogP contribution in [0.1, 0.15) is 36.7 Å². The van der Waals surface area contributed by atoms with Crippen LogP contribution >= 0.6 is 0 Å². The van der Waals surface area contributed by atoms with Gasteiger partial charge in [0.1, 0.15) is 5.82 Å². The Morgan fingerprint density at radius 1 is 1.38 bits per heavy atom. The van der Waals surface area contributed by atoms with Crippen molar-refractivity contribution in [1.82, 2.24) is 14.9 Å². The average molecular weight is 313 g/mol. The maximum atomic E-state index is 13.2. The van der Waals surface area contributed by atoms with Gasteiger partial charge in [-0.2, -0.15) is 4.98 Å². The lowest BCUT2D eigenvalue weighted by Crippen LogP contribution is -2.29. The Bertz CT molecular complexity index is 743. The molecule has 1 atom stereocenters. The molecular weight excluding hydrogens is 297 g/mol. The third kappa shape index (κ3) is 3.45. The molecule has 0 bridgehead atoms. The second-order valence-electron chi connectivity index (χ2n) is 4.66. The van der Waals surface area contributed by atoms with Crippen molar-refractivity contribution >= 4 is 10.0 Å². The predicted molar refractivity (Wildman–Crippen MR) is 73.5 cm³/mol. The van der Waals surface area contributed by atoms with Gasteiger partial charge in [-0.05, 0) is 37.1 Å². The van der Waals surface area contributed by atoms with E-state index in [9.17, 15) is 12.8 Å². The second kappa shape index (κ2) is 5.90. The fourth-order valence-corrected chi connectivity index (χ4v) is 3.18. The molecule has 0 radical (unpaired) electrons. The van der Waals surface area contributed by atoms with Crippen molar-refractivity contribution in [1.29, 1.82) is 0 Å². The summed E-state index contributed by atoms with van der Waals surface area (Å²) in [4.78, 5) is 4.03. The summed E-state index contributed by atoms with van der Waals surface area (Å²) in [5.41, 5.74) is 0.265. The van der Waals surface area contributed by atoms with E-state index in [1.54, 1.807) is 13.8 Å². The summed E-state index contributed by atoms with van der Waals surface area (Å²) in [7, 11) is -3.79. The molecule has 2 aromatic rings. The molecule has 114 valence electrons. The van der Waals surface area contributed by atoms with Gasteiger partial charge in [0, 0.05) is 6.92 Å². The van der Waals surface area contributed by atoms with Gasteiger partial charge in [0.15, 0.2) is 5.82 Å². The monoisotopic (exact) mass is 313 g/mol. The zero-order valence-corrected chi connectivity index (χ0v) is 12.7. The van der Waals surface area contributed by atoms with Crippen molar-refractivity contribution in [3.63, 3.8) is 0 Å². The van der Waals surface area contributed by atoms with Gasteiger partial charge in [-0.25, -0.2) is 17.5 Å². The molecule has 8 heteroatoms. The fraction of sp³-hybridized carbons (Fsp3) is 0.385. The van der Waals surface area contributed by atoms with E-state index in [0.717, 1.165) is 6.07 Å². The van der Waals surface area contributed by atoms with Crippen molar-refractivity contribution in [3.8, 4) is 0 Å².